The van der Waals surface area contributed by atoms with Gasteiger partial charge < -0.3 is 4.79 Å². The Bertz CT molecular complexity index is 422. The van der Waals surface area contributed by atoms with Gasteiger partial charge in [-0.1, -0.05) is 80.4 Å². The molecule has 0 aliphatic heterocycles. The molecule has 0 atom stereocenters. The summed E-state index contributed by atoms with van der Waals surface area (Å²) in [7, 11) is -1.92. The van der Waals surface area contributed by atoms with Gasteiger partial charge in [-0.2, -0.15) is 0 Å². The lowest BCUT2D eigenvalue weighted by molar-refractivity contribution is -0.112. The fraction of sp³-hybridized carbons (Fsp3) is 0.526. The van der Waals surface area contributed by atoms with Gasteiger partial charge in [0.15, 0.2) is 8.07 Å². The molecule has 1 aromatic carbocycles. The fourth-order valence-corrected chi connectivity index (χ4v) is 4.76. The number of hydrogen-bond donors (Lipinski definition) is 0. The number of unbranched alkanes of at least 4 members (excludes halogenated alkanes) is 6. The average Bonchev–Trinajstić information content (AvgIpc) is 2.50. The van der Waals surface area contributed by atoms with Gasteiger partial charge in [0, 0.05) is 6.42 Å². The molecule has 1 nitrogen and oxygen atoms in total. The van der Waals surface area contributed by atoms with Gasteiger partial charge in [-0.15, -0.1) is 6.58 Å². The fourth-order valence-electron chi connectivity index (χ4n) is 2.61. The van der Waals surface area contributed by atoms with Crippen LogP contribution in [0.25, 0.3) is 0 Å². The smallest absolute Gasteiger partial charge is 0.157 e. The molecule has 0 unspecified atom stereocenters. The van der Waals surface area contributed by atoms with Crippen molar-refractivity contribution in [3.63, 3.8) is 0 Å². The highest BCUT2D eigenvalue weighted by molar-refractivity contribution is 7.13. The average molecular weight is 303 g/mol. The van der Waals surface area contributed by atoms with E-state index in [4.69, 9.17) is 0 Å². The Hall–Kier alpha value is -1.15. The van der Waals surface area contributed by atoms with Crippen molar-refractivity contribution in [2.75, 3.05) is 0 Å². The number of carbonyl (C=O) groups is 1. The van der Waals surface area contributed by atoms with Gasteiger partial charge in [0.2, 0.25) is 0 Å². The number of hydrogen-bond acceptors (Lipinski definition) is 1. The second kappa shape index (κ2) is 9.72. The van der Waals surface area contributed by atoms with Crippen LogP contribution in [-0.4, -0.2) is 13.5 Å². The normalized spacial score (nSPS) is 11.3. The van der Waals surface area contributed by atoms with Gasteiger partial charge in [0.05, 0.1) is 0 Å². The maximum absolute atomic E-state index is 12.5. The van der Waals surface area contributed by atoms with Crippen LogP contribution < -0.4 is 5.19 Å². The van der Waals surface area contributed by atoms with Gasteiger partial charge in [-0.3, -0.25) is 0 Å². The molecule has 0 aliphatic rings. The minimum Gasteiger partial charge on any atom is -0.305 e. The number of carbonyl (C=O) groups excluding carboxylic acids is 1. The molecule has 21 heavy (non-hydrogen) atoms. The second-order valence-corrected chi connectivity index (χ2v) is 10.7. The number of allylic oxidation sites excluding steroid dienone is 1. The molecule has 0 spiro atoms. The SMILES string of the molecule is C=CCCCCCCCCC(=O)[Si](C)(C)c1ccccc1. The summed E-state index contributed by atoms with van der Waals surface area (Å²) in [6, 6.07) is 10.3. The minimum atomic E-state index is -1.92. The first-order chi connectivity index (χ1) is 10.1. The van der Waals surface area contributed by atoms with E-state index in [0.29, 0.717) is 5.41 Å². The third kappa shape index (κ3) is 6.43. The molecule has 0 aliphatic carbocycles. The Balaban J connectivity index is 2.23. The maximum atomic E-state index is 12.5. The van der Waals surface area contributed by atoms with E-state index in [0.717, 1.165) is 19.3 Å². The number of benzene rings is 1. The van der Waals surface area contributed by atoms with Crippen molar-refractivity contribution in [2.45, 2.75) is 64.5 Å². The van der Waals surface area contributed by atoms with Crippen molar-refractivity contribution in [2.24, 2.45) is 0 Å². The van der Waals surface area contributed by atoms with E-state index < -0.39 is 8.07 Å². The third-order valence-electron chi connectivity index (χ3n) is 4.25. The van der Waals surface area contributed by atoms with Crippen molar-refractivity contribution < 1.29 is 4.79 Å². The standard InChI is InChI=1S/C19H30OSi/c1-4-5-6-7-8-9-10-14-17-19(20)21(2,3)18-15-12-11-13-16-18/h4,11-13,15-16H,1,5-10,14,17H2,2-3H3. The zero-order valence-corrected chi connectivity index (χ0v) is 14.7. The lowest BCUT2D eigenvalue weighted by Gasteiger charge is -2.21. The molecule has 2 heteroatoms. The van der Waals surface area contributed by atoms with Gasteiger partial charge >= 0.3 is 0 Å². The van der Waals surface area contributed by atoms with Crippen molar-refractivity contribution >= 4 is 18.7 Å². The molecule has 0 heterocycles. The van der Waals surface area contributed by atoms with Crippen LogP contribution in [0, 0.1) is 0 Å². The van der Waals surface area contributed by atoms with E-state index in [2.05, 4.69) is 31.8 Å². The Kier molecular flexibility index (Phi) is 8.29. The molecule has 0 fully saturated rings. The van der Waals surface area contributed by atoms with E-state index in [1.807, 2.05) is 24.3 Å². The summed E-state index contributed by atoms with van der Waals surface area (Å²) in [5, 5.41) is 1.76. The Labute approximate surface area is 131 Å². The van der Waals surface area contributed by atoms with Crippen molar-refractivity contribution in [1.82, 2.24) is 0 Å². The first-order valence-electron chi connectivity index (χ1n) is 8.28. The maximum Gasteiger partial charge on any atom is 0.157 e. The minimum absolute atomic E-state index is 0.500. The van der Waals surface area contributed by atoms with Crippen LogP contribution in [0.4, 0.5) is 0 Å². The van der Waals surface area contributed by atoms with E-state index in [9.17, 15) is 4.79 Å². The highest BCUT2D eigenvalue weighted by Crippen LogP contribution is 2.13. The Morgan fingerprint density at radius 2 is 1.57 bits per heavy atom. The van der Waals surface area contributed by atoms with E-state index in [1.165, 1.54) is 37.3 Å². The Morgan fingerprint density at radius 3 is 2.19 bits per heavy atom. The monoisotopic (exact) mass is 302 g/mol. The molecule has 0 N–H and O–H groups in total. The molecule has 116 valence electrons. The van der Waals surface area contributed by atoms with Crippen molar-refractivity contribution in [3.05, 3.63) is 43.0 Å². The summed E-state index contributed by atoms with van der Waals surface area (Å²) in [6.45, 7) is 8.10. The molecule has 1 rings (SSSR count). The zero-order valence-electron chi connectivity index (χ0n) is 13.7. The lowest BCUT2D eigenvalue weighted by atomic mass is 10.1. The van der Waals surface area contributed by atoms with Crippen LogP contribution in [0.15, 0.2) is 43.0 Å². The van der Waals surface area contributed by atoms with Crippen molar-refractivity contribution in [3.8, 4) is 0 Å². The van der Waals surface area contributed by atoms with Gasteiger partial charge in [-0.25, -0.2) is 0 Å². The second-order valence-electron chi connectivity index (χ2n) is 6.36. The molecular formula is C19H30OSi. The highest BCUT2D eigenvalue weighted by Gasteiger charge is 2.31. The van der Waals surface area contributed by atoms with Crippen LogP contribution in [-0.2, 0) is 4.79 Å². The van der Waals surface area contributed by atoms with Gasteiger partial charge in [0.25, 0.3) is 0 Å². The lowest BCUT2D eigenvalue weighted by Crippen LogP contribution is -2.49. The first kappa shape index (κ1) is 17.9. The molecule has 0 amide bonds. The molecule has 0 aromatic heterocycles. The molecule has 0 saturated carbocycles. The van der Waals surface area contributed by atoms with E-state index in [1.54, 1.807) is 0 Å². The quantitative estimate of drug-likeness (QED) is 0.319. The van der Waals surface area contributed by atoms with Crippen LogP contribution in [0.5, 0.6) is 0 Å². The number of rotatable bonds is 11. The molecule has 0 saturated heterocycles. The van der Waals surface area contributed by atoms with Crippen molar-refractivity contribution in [1.29, 1.82) is 0 Å². The predicted octanol–water partition coefficient (Wildman–Crippen LogP) is 5.02. The molecule has 0 bridgehead atoms. The topological polar surface area (TPSA) is 17.1 Å². The molecule has 1 aromatic rings. The zero-order chi connectivity index (χ0) is 15.6. The van der Waals surface area contributed by atoms with Crippen LogP contribution in [0.3, 0.4) is 0 Å². The molecular weight excluding hydrogens is 272 g/mol. The van der Waals surface area contributed by atoms with E-state index >= 15 is 0 Å². The summed E-state index contributed by atoms with van der Waals surface area (Å²) in [4.78, 5) is 12.5. The van der Waals surface area contributed by atoms with Crippen LogP contribution in [0.1, 0.15) is 51.4 Å². The summed E-state index contributed by atoms with van der Waals surface area (Å²) in [5.74, 6) is 0. The van der Waals surface area contributed by atoms with Gasteiger partial charge in [-0.05, 0) is 19.3 Å². The summed E-state index contributed by atoms with van der Waals surface area (Å²) in [5.41, 5.74) is 0. The molecule has 0 radical (unpaired) electrons. The summed E-state index contributed by atoms with van der Waals surface area (Å²) in [6.07, 6.45) is 11.3. The Morgan fingerprint density at radius 1 is 1.00 bits per heavy atom. The third-order valence-corrected chi connectivity index (χ3v) is 7.68. The highest BCUT2D eigenvalue weighted by atomic mass is 28.3. The summed E-state index contributed by atoms with van der Waals surface area (Å²) < 4.78 is 0. The van der Waals surface area contributed by atoms with Gasteiger partial charge in [0.1, 0.15) is 5.41 Å². The van der Waals surface area contributed by atoms with E-state index in [-0.39, 0.29) is 0 Å². The largest absolute Gasteiger partial charge is 0.305 e. The van der Waals surface area contributed by atoms with Crippen LogP contribution >= 0.6 is 0 Å². The predicted molar refractivity (Wildman–Crippen MR) is 95.7 cm³/mol. The van der Waals surface area contributed by atoms with Crippen LogP contribution in [0.2, 0.25) is 13.1 Å². The first-order valence-corrected chi connectivity index (χ1v) is 11.3. The summed E-state index contributed by atoms with van der Waals surface area (Å²) >= 11 is 0.